The van der Waals surface area contributed by atoms with E-state index < -0.39 is 38.6 Å². The van der Waals surface area contributed by atoms with Crippen molar-refractivity contribution in [3.63, 3.8) is 0 Å². The average Bonchev–Trinajstić information content (AvgIpc) is 3.76. The van der Waals surface area contributed by atoms with Crippen LogP contribution in [-0.4, -0.2) is 27.0 Å². The highest BCUT2D eigenvalue weighted by molar-refractivity contribution is 7.89. The number of fused-ring (bicyclic) bond motifs is 1. The molecule has 212 valence electrons. The highest BCUT2D eigenvalue weighted by Gasteiger charge is 2.33. The molecule has 0 bridgehead atoms. The van der Waals surface area contributed by atoms with E-state index in [1.807, 2.05) is 18.2 Å². The molecule has 0 aromatic heterocycles. The van der Waals surface area contributed by atoms with Crippen molar-refractivity contribution < 1.29 is 31.1 Å². The van der Waals surface area contributed by atoms with Crippen molar-refractivity contribution >= 4 is 15.9 Å². The molecule has 1 unspecified atom stereocenters. The number of ether oxygens (including phenoxy) is 1. The molecule has 1 aliphatic carbocycles. The molecule has 1 amide bonds. The monoisotopic (exact) mass is 573 g/mol. The average molecular weight is 574 g/mol. The third-order valence-electron chi connectivity index (χ3n) is 6.99. The molecule has 0 radical (unpaired) electrons. The molecule has 7 nitrogen and oxygen atoms in total. The van der Waals surface area contributed by atoms with Crippen LogP contribution in [0.25, 0.3) is 0 Å². The number of carbonyl (C=O) groups excluding carboxylic acids is 1. The largest absolute Gasteiger partial charge is 0.493 e. The van der Waals surface area contributed by atoms with Crippen LogP contribution < -0.4 is 20.1 Å². The van der Waals surface area contributed by atoms with Crippen LogP contribution in [0.2, 0.25) is 0 Å². The smallest absolute Gasteiger partial charge is 0.416 e. The number of hydrogen-bond donors (Lipinski definition) is 3. The molecule has 0 spiro atoms. The predicted octanol–water partition coefficient (Wildman–Crippen LogP) is 5.01. The zero-order valence-electron chi connectivity index (χ0n) is 21.6. The van der Waals surface area contributed by atoms with Crippen molar-refractivity contribution in [2.75, 3.05) is 6.61 Å². The zero-order chi connectivity index (χ0) is 28.3. The number of alkyl halides is 3. The molecule has 11 heteroatoms. The maximum absolute atomic E-state index is 13.2. The first-order valence-corrected chi connectivity index (χ1v) is 14.6. The summed E-state index contributed by atoms with van der Waals surface area (Å²) in [5, 5.41) is 6.46. The second kappa shape index (κ2) is 11.6. The summed E-state index contributed by atoms with van der Waals surface area (Å²) in [6.07, 6.45) is -2.02. The molecule has 2 atom stereocenters. The molecule has 1 aliphatic heterocycles. The maximum Gasteiger partial charge on any atom is 0.416 e. The Bertz CT molecular complexity index is 1460. The van der Waals surface area contributed by atoms with Gasteiger partial charge in [0, 0.05) is 31.0 Å². The minimum absolute atomic E-state index is 0.252. The summed E-state index contributed by atoms with van der Waals surface area (Å²) in [4.78, 5) is 12.7. The van der Waals surface area contributed by atoms with Gasteiger partial charge in [0.15, 0.2) is 0 Å². The number of halogens is 3. The van der Waals surface area contributed by atoms with Gasteiger partial charge in [0.05, 0.1) is 29.1 Å². The van der Waals surface area contributed by atoms with Gasteiger partial charge in [0.2, 0.25) is 15.9 Å². The lowest BCUT2D eigenvalue weighted by Gasteiger charge is -2.28. The van der Waals surface area contributed by atoms with Gasteiger partial charge in [-0.3, -0.25) is 4.79 Å². The molecule has 1 saturated carbocycles. The quantitative estimate of drug-likeness (QED) is 0.317. The molecule has 3 aromatic rings. The van der Waals surface area contributed by atoms with Crippen LogP contribution >= 0.6 is 0 Å². The summed E-state index contributed by atoms with van der Waals surface area (Å²) in [5.41, 5.74) is 1.36. The Labute approximate surface area is 231 Å². The van der Waals surface area contributed by atoms with Gasteiger partial charge in [-0.1, -0.05) is 48.5 Å². The highest BCUT2D eigenvalue weighted by Crippen LogP contribution is 2.34. The third kappa shape index (κ3) is 7.01. The molecule has 3 N–H and O–H groups in total. The number of benzene rings is 3. The van der Waals surface area contributed by atoms with Gasteiger partial charge in [0.25, 0.3) is 0 Å². The van der Waals surface area contributed by atoms with E-state index in [1.54, 1.807) is 30.3 Å². The van der Waals surface area contributed by atoms with Crippen molar-refractivity contribution in [2.45, 2.75) is 61.4 Å². The van der Waals surface area contributed by atoms with Gasteiger partial charge in [-0.05, 0) is 48.2 Å². The molecule has 2 aliphatic rings. The minimum atomic E-state index is -4.70. The van der Waals surface area contributed by atoms with Crippen LogP contribution in [-0.2, 0) is 27.5 Å². The lowest BCUT2D eigenvalue weighted by molar-refractivity contribution is -0.137. The van der Waals surface area contributed by atoms with Crippen molar-refractivity contribution in [2.24, 2.45) is 0 Å². The standard InChI is InChI=1S/C29H30F3N3O4S/c30-29(31,32)21-7-4-8-23(16-21)40(37,38)35-26(20-5-2-1-3-6-20)17-28(36)34-25-13-14-39-27-15-19(9-12-24(25)27)18-33-22-10-11-22/h1-9,12,15-16,22,25-26,33,35H,10-11,13-14,17-18H2,(H,34,36)/t25-,26?/m1/s1. The molecule has 40 heavy (non-hydrogen) atoms. The molecular formula is C29H30F3N3O4S. The number of sulfonamides is 1. The van der Waals surface area contributed by atoms with Crippen LogP contribution in [0.5, 0.6) is 5.75 Å². The van der Waals surface area contributed by atoms with E-state index in [9.17, 15) is 26.4 Å². The Morgan fingerprint density at radius 3 is 2.48 bits per heavy atom. The summed E-state index contributed by atoms with van der Waals surface area (Å²) >= 11 is 0. The fraction of sp³-hybridized carbons (Fsp3) is 0.345. The number of nitrogens with one attached hydrogen (secondary N) is 3. The van der Waals surface area contributed by atoms with Crippen molar-refractivity contribution in [1.29, 1.82) is 0 Å². The number of amides is 1. The van der Waals surface area contributed by atoms with E-state index in [1.165, 1.54) is 12.8 Å². The lowest BCUT2D eigenvalue weighted by Crippen LogP contribution is -2.36. The van der Waals surface area contributed by atoms with Crippen molar-refractivity contribution in [3.05, 3.63) is 95.1 Å². The molecule has 0 saturated heterocycles. The van der Waals surface area contributed by atoms with Crippen LogP contribution in [0.4, 0.5) is 13.2 Å². The van der Waals surface area contributed by atoms with Crippen LogP contribution in [0.3, 0.4) is 0 Å². The van der Waals surface area contributed by atoms with E-state index in [4.69, 9.17) is 4.74 Å². The van der Waals surface area contributed by atoms with E-state index in [2.05, 4.69) is 15.4 Å². The topological polar surface area (TPSA) is 96.5 Å². The molecule has 1 fully saturated rings. The number of carbonyl (C=O) groups is 1. The van der Waals surface area contributed by atoms with Crippen LogP contribution in [0.15, 0.2) is 77.7 Å². The summed E-state index contributed by atoms with van der Waals surface area (Å²) in [7, 11) is -4.39. The van der Waals surface area contributed by atoms with E-state index in [-0.39, 0.29) is 12.5 Å². The Kier molecular flexibility index (Phi) is 8.16. The van der Waals surface area contributed by atoms with Gasteiger partial charge in [-0.15, -0.1) is 0 Å². The van der Waals surface area contributed by atoms with Crippen LogP contribution in [0.1, 0.15) is 60.0 Å². The summed E-state index contributed by atoms with van der Waals surface area (Å²) in [6.45, 7) is 1.16. The van der Waals surface area contributed by atoms with Gasteiger partial charge in [0.1, 0.15) is 5.75 Å². The Morgan fingerprint density at radius 2 is 1.75 bits per heavy atom. The first kappa shape index (κ1) is 28.1. The summed E-state index contributed by atoms with van der Waals surface area (Å²) in [6, 6.07) is 17.1. The number of hydrogen-bond acceptors (Lipinski definition) is 5. The Morgan fingerprint density at radius 1 is 0.975 bits per heavy atom. The fourth-order valence-corrected chi connectivity index (χ4v) is 5.96. The second-order valence-corrected chi connectivity index (χ2v) is 11.8. The minimum Gasteiger partial charge on any atom is -0.493 e. The second-order valence-electron chi connectivity index (χ2n) is 10.1. The van der Waals surface area contributed by atoms with Crippen LogP contribution in [0, 0.1) is 0 Å². The van der Waals surface area contributed by atoms with E-state index in [0.717, 1.165) is 35.9 Å². The van der Waals surface area contributed by atoms with Gasteiger partial charge < -0.3 is 15.4 Å². The van der Waals surface area contributed by atoms with Gasteiger partial charge in [-0.2, -0.15) is 13.2 Å². The summed E-state index contributed by atoms with van der Waals surface area (Å²) < 4.78 is 74.1. The Balaban J connectivity index is 1.31. The molecule has 3 aromatic carbocycles. The lowest BCUT2D eigenvalue weighted by atomic mass is 9.98. The van der Waals surface area contributed by atoms with Gasteiger partial charge >= 0.3 is 6.18 Å². The predicted molar refractivity (Wildman–Crippen MR) is 143 cm³/mol. The van der Waals surface area contributed by atoms with Crippen molar-refractivity contribution in [1.82, 2.24) is 15.4 Å². The molecule has 5 rings (SSSR count). The first-order chi connectivity index (χ1) is 19.1. The van der Waals surface area contributed by atoms with E-state index in [0.29, 0.717) is 36.4 Å². The maximum atomic E-state index is 13.2. The zero-order valence-corrected chi connectivity index (χ0v) is 22.4. The first-order valence-electron chi connectivity index (χ1n) is 13.1. The normalized spacial score (nSPS) is 17.9. The highest BCUT2D eigenvalue weighted by atomic mass is 32.2. The molecule has 1 heterocycles. The fourth-order valence-electron chi connectivity index (χ4n) is 4.69. The SMILES string of the molecule is O=C(CC(NS(=O)(=O)c1cccc(C(F)(F)F)c1)c1ccccc1)N[C@@H]1CCOc2cc(CNC3CC3)ccc21. The van der Waals surface area contributed by atoms with Gasteiger partial charge in [-0.25, -0.2) is 13.1 Å². The van der Waals surface area contributed by atoms with Crippen molar-refractivity contribution in [3.8, 4) is 5.75 Å². The summed E-state index contributed by atoms with van der Waals surface area (Å²) in [5.74, 6) is 0.300. The van der Waals surface area contributed by atoms with E-state index >= 15 is 0 Å². The third-order valence-corrected chi connectivity index (χ3v) is 8.45. The Hall–Kier alpha value is -3.41. The molecular weight excluding hydrogens is 543 g/mol. The number of rotatable bonds is 10.